The van der Waals surface area contributed by atoms with Gasteiger partial charge in [-0.1, -0.05) is 18.6 Å². The molecule has 1 aliphatic rings. The molecule has 1 saturated carbocycles. The number of carbonyl (C=O) groups excluding carboxylic acids is 2. The van der Waals surface area contributed by atoms with Gasteiger partial charge in [-0.25, -0.2) is 0 Å². The number of carboxylic acids is 1. The van der Waals surface area contributed by atoms with Crippen molar-refractivity contribution in [2.75, 3.05) is 11.9 Å². The van der Waals surface area contributed by atoms with Gasteiger partial charge in [0.15, 0.2) is 0 Å². The van der Waals surface area contributed by atoms with Crippen molar-refractivity contribution in [1.82, 2.24) is 5.32 Å². The van der Waals surface area contributed by atoms with Crippen molar-refractivity contribution in [1.29, 1.82) is 0 Å². The number of amides is 2. The first-order valence-electron chi connectivity index (χ1n) is 8.54. The van der Waals surface area contributed by atoms with Crippen LogP contribution < -0.4 is 10.6 Å². The van der Waals surface area contributed by atoms with E-state index < -0.39 is 18.4 Å². The fourth-order valence-electron chi connectivity index (χ4n) is 2.81. The topological polar surface area (TPSA) is 95.5 Å². The molecule has 0 spiro atoms. The lowest BCUT2D eigenvalue weighted by Gasteiger charge is -2.25. The molecule has 2 aromatic carbocycles. The number of aliphatic carboxylic acids is 1. The minimum Gasteiger partial charge on any atom is -0.480 e. The highest BCUT2D eigenvalue weighted by molar-refractivity contribution is 6.04. The van der Waals surface area contributed by atoms with Crippen LogP contribution >= 0.6 is 0 Å². The smallest absolute Gasteiger partial charge is 0.322 e. The molecule has 0 atom stereocenters. The Kier molecular flexibility index (Phi) is 5.31. The molecule has 0 bridgehead atoms. The Bertz CT molecular complexity index is 809. The van der Waals surface area contributed by atoms with Crippen LogP contribution in [0.3, 0.4) is 0 Å². The van der Waals surface area contributed by atoms with E-state index in [1.54, 1.807) is 12.1 Å². The van der Waals surface area contributed by atoms with E-state index in [1.807, 2.05) is 24.3 Å². The quantitative estimate of drug-likeness (QED) is 0.745. The second-order valence-electron chi connectivity index (χ2n) is 6.36. The molecule has 134 valence electrons. The van der Waals surface area contributed by atoms with E-state index in [1.165, 1.54) is 37.0 Å². The number of rotatable bonds is 6. The summed E-state index contributed by atoms with van der Waals surface area (Å²) in [4.78, 5) is 34.5. The summed E-state index contributed by atoms with van der Waals surface area (Å²) < 4.78 is 0. The van der Waals surface area contributed by atoms with Gasteiger partial charge in [-0.3, -0.25) is 14.4 Å². The average molecular weight is 352 g/mol. The number of nitrogens with one attached hydrogen (secondary N) is 2. The summed E-state index contributed by atoms with van der Waals surface area (Å²) >= 11 is 0. The molecule has 0 saturated heterocycles. The molecule has 2 amide bonds. The number of hydrogen-bond acceptors (Lipinski definition) is 3. The molecule has 0 heterocycles. The van der Waals surface area contributed by atoms with Crippen molar-refractivity contribution in [2.24, 2.45) is 0 Å². The Morgan fingerprint density at radius 3 is 2.00 bits per heavy atom. The Morgan fingerprint density at radius 2 is 1.46 bits per heavy atom. The highest BCUT2D eigenvalue weighted by Gasteiger charge is 2.19. The van der Waals surface area contributed by atoms with Crippen LogP contribution in [0.2, 0.25) is 0 Å². The van der Waals surface area contributed by atoms with Gasteiger partial charge in [-0.15, -0.1) is 0 Å². The third-order valence-electron chi connectivity index (χ3n) is 4.55. The van der Waals surface area contributed by atoms with E-state index in [0.29, 0.717) is 22.7 Å². The summed E-state index contributed by atoms with van der Waals surface area (Å²) in [5.74, 6) is -1.16. The third kappa shape index (κ3) is 4.27. The van der Waals surface area contributed by atoms with Gasteiger partial charge in [0, 0.05) is 16.8 Å². The predicted molar refractivity (Wildman–Crippen MR) is 97.4 cm³/mol. The zero-order valence-electron chi connectivity index (χ0n) is 14.2. The lowest BCUT2D eigenvalue weighted by Crippen LogP contribution is -2.29. The number of benzene rings is 2. The summed E-state index contributed by atoms with van der Waals surface area (Å²) in [7, 11) is 0. The molecule has 0 radical (unpaired) electrons. The summed E-state index contributed by atoms with van der Waals surface area (Å²) in [5.41, 5.74) is 2.75. The van der Waals surface area contributed by atoms with Gasteiger partial charge in [0.25, 0.3) is 11.8 Å². The van der Waals surface area contributed by atoms with Gasteiger partial charge < -0.3 is 15.7 Å². The maximum atomic E-state index is 12.3. The van der Waals surface area contributed by atoms with Crippen LogP contribution in [0.5, 0.6) is 0 Å². The van der Waals surface area contributed by atoms with Crippen molar-refractivity contribution in [3.05, 3.63) is 65.2 Å². The second kappa shape index (κ2) is 7.82. The highest BCUT2D eigenvalue weighted by Crippen LogP contribution is 2.36. The maximum Gasteiger partial charge on any atom is 0.322 e. The van der Waals surface area contributed by atoms with Crippen LogP contribution in [-0.2, 0) is 4.79 Å². The molecular formula is C20H20N2O4. The molecule has 1 fully saturated rings. The largest absolute Gasteiger partial charge is 0.480 e. The number of carboxylic acid groups (broad SMARTS) is 1. The van der Waals surface area contributed by atoms with Crippen LogP contribution in [0.15, 0.2) is 48.5 Å². The van der Waals surface area contributed by atoms with E-state index in [4.69, 9.17) is 5.11 Å². The molecular weight excluding hydrogens is 332 g/mol. The number of anilines is 1. The third-order valence-corrected chi connectivity index (χ3v) is 4.55. The Balaban J connectivity index is 1.58. The van der Waals surface area contributed by atoms with Crippen LogP contribution in [0.4, 0.5) is 5.69 Å². The van der Waals surface area contributed by atoms with Gasteiger partial charge in [-0.2, -0.15) is 0 Å². The number of carbonyl (C=O) groups is 3. The van der Waals surface area contributed by atoms with Crippen molar-refractivity contribution in [2.45, 2.75) is 25.2 Å². The lowest BCUT2D eigenvalue weighted by molar-refractivity contribution is -0.135. The van der Waals surface area contributed by atoms with Gasteiger partial charge in [0.1, 0.15) is 6.54 Å². The van der Waals surface area contributed by atoms with Crippen LogP contribution in [0, 0.1) is 0 Å². The maximum absolute atomic E-state index is 12.3. The van der Waals surface area contributed by atoms with Gasteiger partial charge in [0.2, 0.25) is 0 Å². The first-order valence-corrected chi connectivity index (χ1v) is 8.54. The fourth-order valence-corrected chi connectivity index (χ4v) is 2.81. The molecule has 3 N–H and O–H groups in total. The molecule has 2 aromatic rings. The second-order valence-corrected chi connectivity index (χ2v) is 6.36. The van der Waals surface area contributed by atoms with Crippen LogP contribution in [-0.4, -0.2) is 29.4 Å². The summed E-state index contributed by atoms with van der Waals surface area (Å²) in [6, 6.07) is 14.0. The summed E-state index contributed by atoms with van der Waals surface area (Å²) in [5, 5.41) is 13.6. The first kappa shape index (κ1) is 17.7. The Morgan fingerprint density at radius 1 is 0.885 bits per heavy atom. The molecule has 3 rings (SSSR count). The molecule has 0 unspecified atom stereocenters. The molecule has 0 aliphatic heterocycles. The molecule has 26 heavy (non-hydrogen) atoms. The van der Waals surface area contributed by atoms with Crippen molar-refractivity contribution in [3.8, 4) is 0 Å². The van der Waals surface area contributed by atoms with Crippen LogP contribution in [0.25, 0.3) is 0 Å². The minimum absolute atomic E-state index is 0.215. The fraction of sp³-hybridized carbons (Fsp3) is 0.250. The average Bonchev–Trinajstić information content (AvgIpc) is 2.59. The molecule has 6 heteroatoms. The predicted octanol–water partition coefficient (Wildman–Crippen LogP) is 3.02. The Labute approximate surface area is 151 Å². The lowest BCUT2D eigenvalue weighted by atomic mass is 9.80. The van der Waals surface area contributed by atoms with E-state index in [2.05, 4.69) is 10.6 Å². The molecule has 1 aliphatic carbocycles. The normalized spacial score (nSPS) is 13.5. The Hall–Kier alpha value is -3.15. The van der Waals surface area contributed by atoms with E-state index >= 15 is 0 Å². The van der Waals surface area contributed by atoms with Crippen molar-refractivity contribution in [3.63, 3.8) is 0 Å². The first-order chi connectivity index (χ1) is 12.5. The standard InChI is InChI=1S/C20H20N2O4/c23-18(24)12-21-19(25)15-8-10-17(11-9-15)22-20(26)16-6-4-14(5-7-16)13-2-1-3-13/h4-11,13H,1-3,12H2,(H,21,25)(H,22,26)(H,23,24). The zero-order valence-corrected chi connectivity index (χ0v) is 14.2. The van der Waals surface area contributed by atoms with E-state index in [-0.39, 0.29) is 5.91 Å². The molecule has 0 aromatic heterocycles. The SMILES string of the molecule is O=C(O)CNC(=O)c1ccc(NC(=O)c2ccc(C3CCC3)cc2)cc1. The van der Waals surface area contributed by atoms with Gasteiger partial charge >= 0.3 is 5.97 Å². The zero-order chi connectivity index (χ0) is 18.5. The summed E-state index contributed by atoms with van der Waals surface area (Å²) in [6.07, 6.45) is 3.72. The monoisotopic (exact) mass is 352 g/mol. The van der Waals surface area contributed by atoms with Crippen molar-refractivity contribution < 1.29 is 19.5 Å². The number of hydrogen-bond donors (Lipinski definition) is 3. The van der Waals surface area contributed by atoms with Gasteiger partial charge in [-0.05, 0) is 60.7 Å². The van der Waals surface area contributed by atoms with E-state index in [0.717, 1.165) is 0 Å². The summed E-state index contributed by atoms with van der Waals surface area (Å²) in [6.45, 7) is -0.436. The minimum atomic E-state index is -1.11. The van der Waals surface area contributed by atoms with Gasteiger partial charge in [0.05, 0.1) is 0 Å². The van der Waals surface area contributed by atoms with Crippen LogP contribution in [0.1, 0.15) is 51.5 Å². The molecule has 6 nitrogen and oxygen atoms in total. The highest BCUT2D eigenvalue weighted by atomic mass is 16.4. The van der Waals surface area contributed by atoms with Crippen molar-refractivity contribution >= 4 is 23.5 Å². The van der Waals surface area contributed by atoms with E-state index in [9.17, 15) is 14.4 Å².